The summed E-state index contributed by atoms with van der Waals surface area (Å²) in [4.78, 5) is 0. The van der Waals surface area contributed by atoms with Gasteiger partial charge in [0.05, 0.1) is 23.8 Å². The van der Waals surface area contributed by atoms with Crippen molar-refractivity contribution < 1.29 is 14.2 Å². The first-order valence-electron chi connectivity index (χ1n) is 8.55. The molecule has 0 heterocycles. The monoisotopic (exact) mass is 373 g/mol. The van der Waals surface area contributed by atoms with E-state index in [1.807, 2.05) is 18.2 Å². The molecule has 0 fully saturated rings. The van der Waals surface area contributed by atoms with Gasteiger partial charge in [-0.25, -0.2) is 0 Å². The molecule has 2 aromatic rings. The molecule has 2 rings (SSSR count). The molecule has 2 aromatic carbocycles. The molecule has 0 bridgehead atoms. The number of benzene rings is 2. The molecule has 0 atom stereocenters. The van der Waals surface area contributed by atoms with Gasteiger partial charge in [-0.15, -0.1) is 0 Å². The Hall–Kier alpha value is -2.38. The van der Waals surface area contributed by atoms with Crippen LogP contribution in [-0.2, 0) is 5.41 Å². The first kappa shape index (κ1) is 19.9. The lowest BCUT2D eigenvalue weighted by atomic mass is 9.82. The van der Waals surface area contributed by atoms with Crippen molar-refractivity contribution in [2.45, 2.75) is 32.6 Å². The standard InChI is InChI=1S/C21H24ClNO3/c1-5-21(2,3)16-6-8-17(9-7-16)25-10-11-26-20-18(22)12-15(14-23)13-19(20)24-4/h6-9,12-13H,5,10-11H2,1-4H3. The predicted octanol–water partition coefficient (Wildman–Crippen LogP) is 5.37. The lowest BCUT2D eigenvalue weighted by Crippen LogP contribution is -2.15. The first-order valence-corrected chi connectivity index (χ1v) is 8.93. The zero-order valence-corrected chi connectivity index (χ0v) is 16.4. The third-order valence-electron chi connectivity index (χ3n) is 4.48. The molecule has 0 aromatic heterocycles. The Bertz CT molecular complexity index is 779. The highest BCUT2D eigenvalue weighted by Gasteiger charge is 2.17. The second-order valence-corrected chi connectivity index (χ2v) is 6.97. The summed E-state index contributed by atoms with van der Waals surface area (Å²) in [5.74, 6) is 1.64. The number of rotatable bonds is 8. The topological polar surface area (TPSA) is 51.5 Å². The zero-order chi connectivity index (χ0) is 19.2. The fourth-order valence-electron chi connectivity index (χ4n) is 2.43. The molecule has 0 amide bonds. The summed E-state index contributed by atoms with van der Waals surface area (Å²) in [6, 6.07) is 13.3. The van der Waals surface area contributed by atoms with Gasteiger partial charge in [0, 0.05) is 6.07 Å². The van der Waals surface area contributed by atoms with Gasteiger partial charge < -0.3 is 14.2 Å². The van der Waals surface area contributed by atoms with Gasteiger partial charge in [-0.05, 0) is 35.6 Å². The van der Waals surface area contributed by atoms with E-state index in [-0.39, 0.29) is 5.41 Å². The maximum atomic E-state index is 8.97. The van der Waals surface area contributed by atoms with Gasteiger partial charge in [0.15, 0.2) is 11.5 Å². The van der Waals surface area contributed by atoms with Gasteiger partial charge >= 0.3 is 0 Å². The second kappa shape index (κ2) is 8.82. The highest BCUT2D eigenvalue weighted by atomic mass is 35.5. The van der Waals surface area contributed by atoms with Crippen LogP contribution in [0.5, 0.6) is 17.2 Å². The van der Waals surface area contributed by atoms with Gasteiger partial charge in [-0.2, -0.15) is 5.26 Å². The number of nitriles is 1. The van der Waals surface area contributed by atoms with E-state index in [1.54, 1.807) is 12.1 Å². The molecule has 5 heteroatoms. The molecule has 138 valence electrons. The van der Waals surface area contributed by atoms with Gasteiger partial charge in [0.2, 0.25) is 0 Å². The third-order valence-corrected chi connectivity index (χ3v) is 4.76. The minimum atomic E-state index is 0.157. The maximum Gasteiger partial charge on any atom is 0.179 e. The van der Waals surface area contributed by atoms with E-state index < -0.39 is 0 Å². The summed E-state index contributed by atoms with van der Waals surface area (Å²) in [5, 5.41) is 9.31. The Labute approximate surface area is 160 Å². The summed E-state index contributed by atoms with van der Waals surface area (Å²) in [6.07, 6.45) is 1.08. The van der Waals surface area contributed by atoms with Crippen LogP contribution in [0.15, 0.2) is 36.4 Å². The SMILES string of the molecule is CCC(C)(C)c1ccc(OCCOc2c(Cl)cc(C#N)cc2OC)cc1. The normalized spacial score (nSPS) is 10.9. The van der Waals surface area contributed by atoms with Crippen LogP contribution in [-0.4, -0.2) is 20.3 Å². The van der Waals surface area contributed by atoms with Crippen molar-refractivity contribution in [3.8, 4) is 23.3 Å². The number of hydrogen-bond acceptors (Lipinski definition) is 4. The average Bonchev–Trinajstić information content (AvgIpc) is 2.66. The van der Waals surface area contributed by atoms with Crippen molar-refractivity contribution in [2.75, 3.05) is 20.3 Å². The third kappa shape index (κ3) is 4.83. The predicted molar refractivity (Wildman–Crippen MR) is 103 cm³/mol. The van der Waals surface area contributed by atoms with Crippen LogP contribution in [0, 0.1) is 11.3 Å². The highest BCUT2D eigenvalue weighted by molar-refractivity contribution is 6.32. The second-order valence-electron chi connectivity index (χ2n) is 6.56. The van der Waals surface area contributed by atoms with E-state index in [1.165, 1.54) is 12.7 Å². The Kier molecular flexibility index (Phi) is 6.76. The summed E-state index contributed by atoms with van der Waals surface area (Å²) in [5.41, 5.74) is 1.87. The van der Waals surface area contributed by atoms with Crippen LogP contribution in [0.1, 0.15) is 38.3 Å². The Balaban J connectivity index is 1.92. The smallest absolute Gasteiger partial charge is 0.179 e. The van der Waals surface area contributed by atoms with Crippen molar-refractivity contribution >= 4 is 11.6 Å². The maximum absolute atomic E-state index is 8.97. The molecule has 26 heavy (non-hydrogen) atoms. The van der Waals surface area contributed by atoms with Crippen molar-refractivity contribution in [2.24, 2.45) is 0 Å². The molecule has 0 aliphatic heterocycles. The number of hydrogen-bond donors (Lipinski definition) is 0. The molecule has 0 N–H and O–H groups in total. The number of halogens is 1. The summed E-state index contributed by atoms with van der Waals surface area (Å²) in [6.45, 7) is 7.32. The Morgan fingerprint density at radius 2 is 1.73 bits per heavy atom. The van der Waals surface area contributed by atoms with E-state index in [9.17, 15) is 0 Å². The fourth-order valence-corrected chi connectivity index (χ4v) is 2.70. The number of ether oxygens (including phenoxy) is 3. The van der Waals surface area contributed by atoms with Crippen molar-refractivity contribution in [1.82, 2.24) is 0 Å². The first-order chi connectivity index (χ1) is 12.4. The van der Waals surface area contributed by atoms with E-state index in [0.717, 1.165) is 12.2 Å². The minimum absolute atomic E-state index is 0.157. The van der Waals surface area contributed by atoms with Crippen molar-refractivity contribution in [1.29, 1.82) is 5.26 Å². The summed E-state index contributed by atoms with van der Waals surface area (Å²) >= 11 is 6.16. The Morgan fingerprint density at radius 1 is 1.08 bits per heavy atom. The highest BCUT2D eigenvalue weighted by Crippen LogP contribution is 2.36. The van der Waals surface area contributed by atoms with Crippen molar-refractivity contribution in [3.63, 3.8) is 0 Å². The molecule has 0 aliphatic carbocycles. The van der Waals surface area contributed by atoms with Crippen LogP contribution in [0.3, 0.4) is 0 Å². The Morgan fingerprint density at radius 3 is 2.31 bits per heavy atom. The lowest BCUT2D eigenvalue weighted by Gasteiger charge is -2.23. The molecule has 4 nitrogen and oxygen atoms in total. The van der Waals surface area contributed by atoms with Crippen molar-refractivity contribution in [3.05, 3.63) is 52.5 Å². The minimum Gasteiger partial charge on any atom is -0.493 e. The van der Waals surface area contributed by atoms with Crippen LogP contribution in [0.4, 0.5) is 0 Å². The summed E-state index contributed by atoms with van der Waals surface area (Å²) < 4.78 is 16.6. The number of methoxy groups -OCH3 is 1. The molecule has 0 spiro atoms. The fraction of sp³-hybridized carbons (Fsp3) is 0.381. The van der Waals surface area contributed by atoms with E-state index in [4.69, 9.17) is 31.1 Å². The summed E-state index contributed by atoms with van der Waals surface area (Å²) in [7, 11) is 1.51. The van der Waals surface area contributed by atoms with Gasteiger partial charge in [-0.1, -0.05) is 44.5 Å². The van der Waals surface area contributed by atoms with Crippen LogP contribution >= 0.6 is 11.6 Å². The lowest BCUT2D eigenvalue weighted by molar-refractivity contribution is 0.211. The molecule has 0 unspecified atom stereocenters. The molecular formula is C21H24ClNO3. The van der Waals surface area contributed by atoms with Crippen LogP contribution in [0.2, 0.25) is 5.02 Å². The zero-order valence-electron chi connectivity index (χ0n) is 15.6. The molecule has 0 saturated carbocycles. The van der Waals surface area contributed by atoms with E-state index >= 15 is 0 Å². The van der Waals surface area contributed by atoms with Gasteiger partial charge in [-0.3, -0.25) is 0 Å². The van der Waals surface area contributed by atoms with Gasteiger partial charge in [0.25, 0.3) is 0 Å². The van der Waals surface area contributed by atoms with Gasteiger partial charge in [0.1, 0.15) is 19.0 Å². The van der Waals surface area contributed by atoms with E-state index in [0.29, 0.717) is 35.3 Å². The number of nitrogens with zero attached hydrogens (tertiary/aromatic N) is 1. The molecule has 0 radical (unpaired) electrons. The van der Waals surface area contributed by atoms with Crippen LogP contribution < -0.4 is 14.2 Å². The molecular weight excluding hydrogens is 350 g/mol. The molecule has 0 saturated heterocycles. The van der Waals surface area contributed by atoms with Crippen LogP contribution in [0.25, 0.3) is 0 Å². The molecule has 0 aliphatic rings. The largest absolute Gasteiger partial charge is 0.493 e. The average molecular weight is 374 g/mol. The quantitative estimate of drug-likeness (QED) is 0.584. The van der Waals surface area contributed by atoms with E-state index in [2.05, 4.69) is 32.9 Å².